The number of nitrogens with two attached hydrogens (primary N) is 1. The van der Waals surface area contributed by atoms with E-state index in [0.717, 1.165) is 40.5 Å². The molecule has 0 aliphatic heterocycles. The molecule has 0 saturated heterocycles. The summed E-state index contributed by atoms with van der Waals surface area (Å²) in [7, 11) is 4.05. The number of nitrogens with one attached hydrogen (secondary N) is 1. The number of fused-ring (bicyclic) bond motifs is 1. The molecule has 1 aromatic heterocycles. The van der Waals surface area contributed by atoms with Gasteiger partial charge in [-0.15, -0.1) is 0 Å². The van der Waals surface area contributed by atoms with E-state index in [1.54, 1.807) is 11.3 Å². The minimum absolute atomic E-state index is 0.797. The minimum Gasteiger partial charge on any atom is -0.399 e. The molecule has 2 rings (SSSR count). The highest BCUT2D eigenvalue weighted by atomic mass is 32.1. The van der Waals surface area contributed by atoms with Crippen LogP contribution < -0.4 is 16.0 Å². The zero-order valence-electron chi connectivity index (χ0n) is 10.2. The molecule has 0 atom stereocenters. The molecule has 4 nitrogen and oxygen atoms in total. The van der Waals surface area contributed by atoms with Crippen LogP contribution >= 0.6 is 11.3 Å². The maximum Gasteiger partial charge on any atom is 0.186 e. The summed E-state index contributed by atoms with van der Waals surface area (Å²) in [5.74, 6) is 0. The molecule has 1 heterocycles. The lowest BCUT2D eigenvalue weighted by molar-refractivity contribution is 0.712. The predicted octanol–water partition coefficient (Wildman–Crippen LogP) is 1.92. The van der Waals surface area contributed by atoms with Crippen molar-refractivity contribution in [3.8, 4) is 0 Å². The van der Waals surface area contributed by atoms with Gasteiger partial charge in [0.05, 0.1) is 10.2 Å². The summed E-state index contributed by atoms with van der Waals surface area (Å²) in [6.45, 7) is 2.04. The van der Waals surface area contributed by atoms with Crippen LogP contribution in [0.4, 0.5) is 10.8 Å². The monoisotopic (exact) mass is 250 g/mol. The third kappa shape index (κ3) is 2.87. The molecule has 0 unspecified atom stereocenters. The maximum absolute atomic E-state index is 5.76. The molecule has 0 saturated carbocycles. The Morgan fingerprint density at radius 3 is 3.06 bits per heavy atom. The normalized spacial score (nSPS) is 10.9. The van der Waals surface area contributed by atoms with Gasteiger partial charge in [-0.05, 0) is 38.2 Å². The molecule has 5 heteroatoms. The average molecular weight is 250 g/mol. The zero-order valence-corrected chi connectivity index (χ0v) is 11.0. The SMILES string of the molecule is CNCCCN(C)c1nc2ccc(N)cc2s1. The van der Waals surface area contributed by atoms with Crippen LogP contribution in [0.2, 0.25) is 0 Å². The molecule has 0 aliphatic carbocycles. The molecular formula is C12H18N4S. The number of hydrogen-bond donors (Lipinski definition) is 2. The van der Waals surface area contributed by atoms with E-state index in [2.05, 4.69) is 22.2 Å². The molecule has 17 heavy (non-hydrogen) atoms. The van der Waals surface area contributed by atoms with Gasteiger partial charge >= 0.3 is 0 Å². The second-order valence-corrected chi connectivity index (χ2v) is 5.11. The minimum atomic E-state index is 0.797. The number of nitrogen functional groups attached to an aromatic ring is 1. The Bertz CT molecular complexity index is 494. The molecule has 0 amide bonds. The second kappa shape index (κ2) is 5.33. The first-order valence-electron chi connectivity index (χ1n) is 5.72. The van der Waals surface area contributed by atoms with Crippen LogP contribution in [0.1, 0.15) is 6.42 Å². The number of thiazole rings is 1. The van der Waals surface area contributed by atoms with Gasteiger partial charge in [0.15, 0.2) is 5.13 Å². The predicted molar refractivity (Wildman–Crippen MR) is 75.8 cm³/mol. The average Bonchev–Trinajstić information content (AvgIpc) is 2.72. The van der Waals surface area contributed by atoms with Gasteiger partial charge in [-0.2, -0.15) is 0 Å². The number of aromatic nitrogens is 1. The number of hydrogen-bond acceptors (Lipinski definition) is 5. The summed E-state index contributed by atoms with van der Waals surface area (Å²) in [5.41, 5.74) is 7.59. The number of anilines is 2. The van der Waals surface area contributed by atoms with Gasteiger partial charge < -0.3 is 16.0 Å². The Kier molecular flexibility index (Phi) is 3.81. The van der Waals surface area contributed by atoms with Crippen LogP contribution in [-0.2, 0) is 0 Å². The first kappa shape index (κ1) is 12.1. The lowest BCUT2D eigenvalue weighted by atomic mass is 10.3. The van der Waals surface area contributed by atoms with E-state index in [1.807, 2.05) is 25.2 Å². The Balaban J connectivity index is 2.12. The van der Waals surface area contributed by atoms with E-state index in [-0.39, 0.29) is 0 Å². The van der Waals surface area contributed by atoms with Crippen molar-refractivity contribution in [1.29, 1.82) is 0 Å². The maximum atomic E-state index is 5.76. The molecule has 0 spiro atoms. The van der Waals surface area contributed by atoms with Crippen molar-refractivity contribution in [1.82, 2.24) is 10.3 Å². The first-order chi connectivity index (χ1) is 8.20. The highest BCUT2D eigenvalue weighted by Crippen LogP contribution is 2.29. The van der Waals surface area contributed by atoms with Crippen LogP contribution in [0, 0.1) is 0 Å². The van der Waals surface area contributed by atoms with Crippen molar-refractivity contribution in [2.75, 3.05) is 37.8 Å². The van der Waals surface area contributed by atoms with Gasteiger partial charge in [0.2, 0.25) is 0 Å². The smallest absolute Gasteiger partial charge is 0.186 e. The van der Waals surface area contributed by atoms with E-state index in [4.69, 9.17) is 5.73 Å². The molecule has 2 aromatic rings. The highest BCUT2D eigenvalue weighted by molar-refractivity contribution is 7.22. The van der Waals surface area contributed by atoms with Crippen molar-refractivity contribution in [3.63, 3.8) is 0 Å². The first-order valence-corrected chi connectivity index (χ1v) is 6.54. The molecule has 0 radical (unpaired) electrons. The summed E-state index contributed by atoms with van der Waals surface area (Å²) >= 11 is 1.69. The van der Waals surface area contributed by atoms with Crippen molar-refractivity contribution < 1.29 is 0 Å². The lowest BCUT2D eigenvalue weighted by Gasteiger charge is -2.14. The van der Waals surface area contributed by atoms with Crippen molar-refractivity contribution in [2.45, 2.75) is 6.42 Å². The number of rotatable bonds is 5. The summed E-state index contributed by atoms with van der Waals surface area (Å²) < 4.78 is 1.15. The van der Waals surface area contributed by atoms with Gasteiger partial charge in [-0.3, -0.25) is 0 Å². The Hall–Kier alpha value is -1.33. The van der Waals surface area contributed by atoms with Crippen molar-refractivity contribution >= 4 is 32.4 Å². The second-order valence-electron chi connectivity index (χ2n) is 4.10. The van der Waals surface area contributed by atoms with Crippen LogP contribution in [0.5, 0.6) is 0 Å². The third-order valence-electron chi connectivity index (χ3n) is 2.65. The Morgan fingerprint density at radius 2 is 2.29 bits per heavy atom. The fourth-order valence-electron chi connectivity index (χ4n) is 1.68. The molecule has 3 N–H and O–H groups in total. The van der Waals surface area contributed by atoms with E-state index >= 15 is 0 Å². The van der Waals surface area contributed by atoms with Gasteiger partial charge in [0.25, 0.3) is 0 Å². The topological polar surface area (TPSA) is 54.2 Å². The Morgan fingerprint density at radius 1 is 1.47 bits per heavy atom. The molecule has 92 valence electrons. The molecule has 0 fully saturated rings. The van der Waals surface area contributed by atoms with Crippen molar-refractivity contribution in [3.05, 3.63) is 18.2 Å². The quantitative estimate of drug-likeness (QED) is 0.629. The lowest BCUT2D eigenvalue weighted by Crippen LogP contribution is -2.21. The van der Waals surface area contributed by atoms with Crippen LogP contribution in [0.3, 0.4) is 0 Å². The van der Waals surface area contributed by atoms with Gasteiger partial charge in [-0.25, -0.2) is 4.98 Å². The molecule has 1 aromatic carbocycles. The van der Waals surface area contributed by atoms with E-state index in [0.29, 0.717) is 0 Å². The van der Waals surface area contributed by atoms with Gasteiger partial charge in [0, 0.05) is 19.3 Å². The fraction of sp³-hybridized carbons (Fsp3) is 0.417. The summed E-state index contributed by atoms with van der Waals surface area (Å²) in [6.07, 6.45) is 1.12. The summed E-state index contributed by atoms with van der Waals surface area (Å²) in [6, 6.07) is 5.86. The number of nitrogens with zero attached hydrogens (tertiary/aromatic N) is 2. The molecule has 0 aliphatic rings. The van der Waals surface area contributed by atoms with Crippen LogP contribution in [0.25, 0.3) is 10.2 Å². The van der Waals surface area contributed by atoms with Crippen molar-refractivity contribution in [2.24, 2.45) is 0 Å². The largest absolute Gasteiger partial charge is 0.399 e. The zero-order chi connectivity index (χ0) is 12.3. The van der Waals surface area contributed by atoms with Crippen LogP contribution in [-0.4, -0.2) is 32.2 Å². The van der Waals surface area contributed by atoms with Crippen LogP contribution in [0.15, 0.2) is 18.2 Å². The van der Waals surface area contributed by atoms with E-state index < -0.39 is 0 Å². The van der Waals surface area contributed by atoms with Gasteiger partial charge in [0.1, 0.15) is 0 Å². The van der Waals surface area contributed by atoms with E-state index in [9.17, 15) is 0 Å². The third-order valence-corrected chi connectivity index (χ3v) is 3.78. The molecule has 0 bridgehead atoms. The highest BCUT2D eigenvalue weighted by Gasteiger charge is 2.07. The Labute approximate surface area is 105 Å². The summed E-state index contributed by atoms with van der Waals surface area (Å²) in [4.78, 5) is 6.79. The summed E-state index contributed by atoms with van der Waals surface area (Å²) in [5, 5.41) is 4.21. The van der Waals surface area contributed by atoms with E-state index in [1.165, 1.54) is 0 Å². The standard InChI is InChI=1S/C12H18N4S/c1-14-6-3-7-16(2)12-15-10-5-4-9(13)8-11(10)17-12/h4-5,8,14H,3,6-7,13H2,1-2H3. The van der Waals surface area contributed by atoms with Gasteiger partial charge in [-0.1, -0.05) is 11.3 Å². The molecular weight excluding hydrogens is 232 g/mol. The number of benzene rings is 1. The fourth-order valence-corrected chi connectivity index (χ4v) is 2.68.